The fourth-order valence-electron chi connectivity index (χ4n) is 4.43. The first-order valence-corrected chi connectivity index (χ1v) is 9.93. The molecule has 0 aromatic heterocycles. The highest BCUT2D eigenvalue weighted by atomic mass is 31.0. The van der Waals surface area contributed by atoms with Gasteiger partial charge in [0.15, 0.2) is 0 Å². The van der Waals surface area contributed by atoms with Crippen molar-refractivity contribution in [1.82, 2.24) is 0 Å². The molecule has 4 aromatic rings. The third-order valence-corrected chi connectivity index (χ3v) is 6.27. The number of fused-ring (bicyclic) bond motifs is 7. The molecule has 0 bridgehead atoms. The van der Waals surface area contributed by atoms with Crippen molar-refractivity contribution in [3.8, 4) is 11.1 Å². The average Bonchev–Trinajstić information content (AvgIpc) is 2.91. The van der Waals surface area contributed by atoms with E-state index in [0.717, 1.165) is 0 Å². The minimum Gasteiger partial charge on any atom is -0.122 e. The molecule has 0 amide bonds. The molecule has 0 saturated heterocycles. The fraction of sp³-hybridized carbons (Fsp3) is 0.0769. The molecule has 2 atom stereocenters. The molecule has 0 aliphatic heterocycles. The molecule has 5 rings (SSSR count). The van der Waals surface area contributed by atoms with Gasteiger partial charge in [-0.25, -0.2) is 0 Å². The Morgan fingerprint density at radius 2 is 1.22 bits per heavy atom. The monoisotopic (exact) mass is 364 g/mol. The Hall–Kier alpha value is -2.69. The van der Waals surface area contributed by atoms with E-state index in [1.54, 1.807) is 0 Å². The number of hydrogen-bond donors (Lipinski definition) is 0. The van der Waals surface area contributed by atoms with Crippen molar-refractivity contribution >= 4 is 30.8 Å². The predicted molar refractivity (Wildman–Crippen MR) is 121 cm³/mol. The maximum absolute atomic E-state index is 3.12. The largest absolute Gasteiger partial charge is 0.122 e. The topological polar surface area (TPSA) is 0 Å². The van der Waals surface area contributed by atoms with E-state index in [4.69, 9.17) is 0 Å². The number of rotatable bonds is 0. The zero-order valence-electron chi connectivity index (χ0n) is 15.3. The van der Waals surface area contributed by atoms with Gasteiger partial charge in [-0.3, -0.25) is 0 Å². The second-order valence-electron chi connectivity index (χ2n) is 7.39. The van der Waals surface area contributed by atoms with Crippen molar-refractivity contribution in [3.63, 3.8) is 0 Å². The molecule has 27 heavy (non-hydrogen) atoms. The summed E-state index contributed by atoms with van der Waals surface area (Å²) < 4.78 is 0. The normalized spacial score (nSPS) is 17.4. The zero-order chi connectivity index (χ0) is 18.4. The molecule has 0 nitrogen and oxygen atoms in total. The van der Waals surface area contributed by atoms with Gasteiger partial charge in [0.2, 0.25) is 0 Å². The Bertz CT molecular complexity index is 1250. The van der Waals surface area contributed by atoms with Crippen molar-refractivity contribution in [3.05, 3.63) is 108 Å². The third kappa shape index (κ3) is 2.48. The average molecular weight is 364 g/mol. The van der Waals surface area contributed by atoms with Crippen LogP contribution < -0.4 is 0 Å². The van der Waals surface area contributed by atoms with Crippen LogP contribution in [0.5, 0.6) is 0 Å². The van der Waals surface area contributed by atoms with E-state index in [9.17, 15) is 0 Å². The standard InChI is InChI=1S/C26H21P/c1-26(27)24-13-7-5-3-2-4-6-12-21(24)23-17-16-20-19-11-9-8-10-18(19)14-15-22(20)25(23)26/h2-17H,27H2,1H3. The van der Waals surface area contributed by atoms with Gasteiger partial charge in [0, 0.05) is 5.16 Å². The Labute approximate surface area is 162 Å². The van der Waals surface area contributed by atoms with Crippen molar-refractivity contribution in [1.29, 1.82) is 0 Å². The number of benzene rings is 3. The van der Waals surface area contributed by atoms with Crippen molar-refractivity contribution in [2.24, 2.45) is 0 Å². The van der Waals surface area contributed by atoms with Crippen LogP contribution in [0, 0.1) is 0 Å². The van der Waals surface area contributed by atoms with Gasteiger partial charge in [0.05, 0.1) is 0 Å². The SMILES string of the molecule is CC1(P)c2ccccccccc2-c2ccc3c(ccc4ccccc43)c21. The molecular formula is C26H21P. The summed E-state index contributed by atoms with van der Waals surface area (Å²) in [7, 11) is 3.12. The van der Waals surface area contributed by atoms with E-state index in [-0.39, 0.29) is 5.16 Å². The molecule has 1 aliphatic carbocycles. The molecule has 0 spiro atoms. The Morgan fingerprint density at radius 3 is 2.07 bits per heavy atom. The van der Waals surface area contributed by atoms with E-state index < -0.39 is 0 Å². The van der Waals surface area contributed by atoms with Gasteiger partial charge < -0.3 is 0 Å². The lowest BCUT2D eigenvalue weighted by atomic mass is 9.90. The summed E-state index contributed by atoms with van der Waals surface area (Å²) in [4.78, 5) is 0. The lowest BCUT2D eigenvalue weighted by molar-refractivity contribution is 0.879. The highest BCUT2D eigenvalue weighted by molar-refractivity contribution is 7.19. The van der Waals surface area contributed by atoms with Crippen LogP contribution in [0.3, 0.4) is 0 Å². The van der Waals surface area contributed by atoms with Crippen LogP contribution in [0.15, 0.2) is 97.1 Å². The van der Waals surface area contributed by atoms with E-state index in [2.05, 4.69) is 113 Å². The van der Waals surface area contributed by atoms with Crippen LogP contribution in [0.4, 0.5) is 0 Å². The summed E-state index contributed by atoms with van der Waals surface area (Å²) >= 11 is 0. The van der Waals surface area contributed by atoms with Gasteiger partial charge in [-0.2, -0.15) is 0 Å². The lowest BCUT2D eigenvalue weighted by Crippen LogP contribution is -2.10. The Morgan fingerprint density at radius 1 is 0.556 bits per heavy atom. The Kier molecular flexibility index (Phi) is 3.78. The van der Waals surface area contributed by atoms with Gasteiger partial charge in [0.1, 0.15) is 0 Å². The quantitative estimate of drug-likeness (QED) is 0.228. The van der Waals surface area contributed by atoms with Crippen LogP contribution >= 0.6 is 9.24 Å². The summed E-state index contributed by atoms with van der Waals surface area (Å²) in [5.41, 5.74) is 5.40. The second-order valence-corrected chi connectivity index (χ2v) is 8.54. The van der Waals surface area contributed by atoms with Crippen molar-refractivity contribution in [2.45, 2.75) is 12.1 Å². The summed E-state index contributed by atoms with van der Waals surface area (Å²) in [6, 6.07) is 34.9. The molecule has 0 fully saturated rings. The van der Waals surface area contributed by atoms with Crippen LogP contribution in [0.2, 0.25) is 0 Å². The molecular weight excluding hydrogens is 343 g/mol. The van der Waals surface area contributed by atoms with E-state index >= 15 is 0 Å². The minimum absolute atomic E-state index is 0.121. The van der Waals surface area contributed by atoms with E-state index in [0.29, 0.717) is 0 Å². The molecule has 1 heteroatoms. The maximum atomic E-state index is 3.12. The fourth-order valence-corrected chi connectivity index (χ4v) is 5.00. The molecule has 0 saturated carbocycles. The molecule has 0 N–H and O–H groups in total. The van der Waals surface area contributed by atoms with Gasteiger partial charge in [-0.05, 0) is 50.7 Å². The van der Waals surface area contributed by atoms with Crippen molar-refractivity contribution < 1.29 is 0 Å². The maximum Gasteiger partial charge on any atom is 0.0334 e. The summed E-state index contributed by atoms with van der Waals surface area (Å²) in [6.07, 6.45) is 0. The van der Waals surface area contributed by atoms with Gasteiger partial charge >= 0.3 is 0 Å². The Balaban J connectivity index is 1.92. The van der Waals surface area contributed by atoms with Crippen LogP contribution in [0.1, 0.15) is 18.1 Å². The van der Waals surface area contributed by atoms with E-state index in [1.165, 1.54) is 43.8 Å². The first-order chi connectivity index (χ1) is 13.2. The molecule has 2 unspecified atom stereocenters. The van der Waals surface area contributed by atoms with Crippen LogP contribution in [-0.2, 0) is 5.16 Å². The summed E-state index contributed by atoms with van der Waals surface area (Å²) in [5.74, 6) is 0. The van der Waals surface area contributed by atoms with Crippen LogP contribution in [-0.4, -0.2) is 0 Å². The molecule has 130 valence electrons. The molecule has 4 aromatic carbocycles. The smallest absolute Gasteiger partial charge is 0.0334 e. The van der Waals surface area contributed by atoms with Crippen molar-refractivity contribution in [2.75, 3.05) is 0 Å². The summed E-state index contributed by atoms with van der Waals surface area (Å²) in [6.45, 7) is 2.32. The van der Waals surface area contributed by atoms with Crippen LogP contribution in [0.25, 0.3) is 32.7 Å². The molecule has 0 radical (unpaired) electrons. The zero-order valence-corrected chi connectivity index (χ0v) is 16.5. The highest BCUT2D eigenvalue weighted by Crippen LogP contribution is 2.54. The first-order valence-electron chi connectivity index (χ1n) is 9.35. The van der Waals surface area contributed by atoms with Gasteiger partial charge in [-0.1, -0.05) is 97.1 Å². The first kappa shape index (κ1) is 16.5. The second kappa shape index (κ2) is 6.19. The summed E-state index contributed by atoms with van der Waals surface area (Å²) in [5, 5.41) is 5.17. The number of hydrogen-bond acceptors (Lipinski definition) is 0. The van der Waals surface area contributed by atoms with Gasteiger partial charge in [-0.15, -0.1) is 9.24 Å². The minimum atomic E-state index is -0.121. The predicted octanol–water partition coefficient (Wildman–Crippen LogP) is 7.24. The molecule has 0 heterocycles. The highest BCUT2D eigenvalue weighted by Gasteiger charge is 2.36. The molecule has 1 aliphatic rings. The van der Waals surface area contributed by atoms with Gasteiger partial charge in [0.25, 0.3) is 0 Å². The van der Waals surface area contributed by atoms with E-state index in [1.807, 2.05) is 0 Å². The third-order valence-electron chi connectivity index (χ3n) is 5.67. The lowest BCUT2D eigenvalue weighted by Gasteiger charge is -2.23.